The van der Waals surface area contributed by atoms with Gasteiger partial charge in [-0.05, 0) is 6.42 Å². The van der Waals surface area contributed by atoms with Crippen LogP contribution in [0.1, 0.15) is 16.9 Å². The fourth-order valence-corrected chi connectivity index (χ4v) is 1.66. The Morgan fingerprint density at radius 1 is 1.77 bits per heavy atom. The Balaban J connectivity index is 2.12. The molecule has 70 valence electrons. The van der Waals surface area contributed by atoms with Crippen LogP contribution < -0.4 is 5.73 Å². The number of hydroxylamine groups is 2. The lowest BCUT2D eigenvalue weighted by Gasteiger charge is -2.11. The van der Waals surface area contributed by atoms with Crippen molar-refractivity contribution in [1.29, 1.82) is 0 Å². The average Bonchev–Trinajstić information content (AvgIpc) is 2.72. The summed E-state index contributed by atoms with van der Waals surface area (Å²) in [5, 5.41) is 3.37. The molecule has 2 heterocycles. The SMILES string of the molecule is Nc1nc(C(=O)N2CCCO2)cs1. The minimum Gasteiger partial charge on any atom is -0.375 e. The monoisotopic (exact) mass is 199 g/mol. The number of anilines is 1. The first-order valence-electron chi connectivity index (χ1n) is 3.93. The summed E-state index contributed by atoms with van der Waals surface area (Å²) in [6, 6.07) is 0. The van der Waals surface area contributed by atoms with Gasteiger partial charge in [0, 0.05) is 5.38 Å². The number of nitrogen functional groups attached to an aromatic ring is 1. The number of aromatic nitrogens is 1. The molecule has 0 saturated carbocycles. The molecule has 0 radical (unpaired) electrons. The number of nitrogens with two attached hydrogens (primary N) is 1. The van der Waals surface area contributed by atoms with E-state index in [1.54, 1.807) is 5.38 Å². The first-order chi connectivity index (χ1) is 6.27. The van der Waals surface area contributed by atoms with Crippen molar-refractivity contribution in [2.24, 2.45) is 0 Å². The molecule has 0 aromatic carbocycles. The Hall–Kier alpha value is -1.14. The molecule has 1 saturated heterocycles. The van der Waals surface area contributed by atoms with Crippen molar-refractivity contribution in [1.82, 2.24) is 10.0 Å². The molecular formula is C7H9N3O2S. The van der Waals surface area contributed by atoms with Crippen molar-refractivity contribution in [3.63, 3.8) is 0 Å². The van der Waals surface area contributed by atoms with Crippen molar-refractivity contribution in [3.05, 3.63) is 11.1 Å². The predicted molar refractivity (Wildman–Crippen MR) is 48.1 cm³/mol. The maximum absolute atomic E-state index is 11.5. The van der Waals surface area contributed by atoms with Gasteiger partial charge in [-0.3, -0.25) is 9.63 Å². The van der Waals surface area contributed by atoms with Crippen LogP contribution in [-0.4, -0.2) is 29.1 Å². The molecule has 0 aliphatic carbocycles. The van der Waals surface area contributed by atoms with Crippen LogP contribution in [0.4, 0.5) is 5.13 Å². The fraction of sp³-hybridized carbons (Fsp3) is 0.429. The lowest BCUT2D eigenvalue weighted by atomic mass is 10.4. The predicted octanol–water partition coefficient (Wildman–Crippen LogP) is 0.503. The first kappa shape index (κ1) is 8.46. The number of carbonyl (C=O) groups excluding carboxylic acids is 1. The average molecular weight is 199 g/mol. The summed E-state index contributed by atoms with van der Waals surface area (Å²) in [7, 11) is 0. The zero-order valence-corrected chi connectivity index (χ0v) is 7.71. The Morgan fingerprint density at radius 3 is 3.15 bits per heavy atom. The Bertz CT molecular complexity index is 319. The Kier molecular flexibility index (Phi) is 2.15. The van der Waals surface area contributed by atoms with Gasteiger partial charge in [-0.2, -0.15) is 0 Å². The van der Waals surface area contributed by atoms with Gasteiger partial charge in [-0.15, -0.1) is 11.3 Å². The largest absolute Gasteiger partial charge is 0.375 e. The maximum atomic E-state index is 11.5. The van der Waals surface area contributed by atoms with Gasteiger partial charge in [0.25, 0.3) is 5.91 Å². The van der Waals surface area contributed by atoms with Crippen LogP contribution in [-0.2, 0) is 4.84 Å². The van der Waals surface area contributed by atoms with Crippen LogP contribution in [0.3, 0.4) is 0 Å². The third-order valence-electron chi connectivity index (χ3n) is 1.72. The number of rotatable bonds is 1. The summed E-state index contributed by atoms with van der Waals surface area (Å²) in [6.45, 7) is 1.24. The normalized spacial score (nSPS) is 16.5. The molecule has 0 unspecified atom stereocenters. The van der Waals surface area contributed by atoms with E-state index in [0.717, 1.165) is 6.42 Å². The van der Waals surface area contributed by atoms with E-state index in [2.05, 4.69) is 4.98 Å². The molecule has 1 aromatic heterocycles. The van der Waals surface area contributed by atoms with E-state index < -0.39 is 0 Å². The van der Waals surface area contributed by atoms with Gasteiger partial charge in [0.05, 0.1) is 13.2 Å². The first-order valence-corrected chi connectivity index (χ1v) is 4.81. The third kappa shape index (κ3) is 1.63. The van der Waals surface area contributed by atoms with Crippen molar-refractivity contribution in [2.45, 2.75) is 6.42 Å². The highest BCUT2D eigenvalue weighted by molar-refractivity contribution is 7.13. The maximum Gasteiger partial charge on any atom is 0.296 e. The molecule has 2 rings (SSSR count). The second kappa shape index (κ2) is 3.31. The number of hydrogen-bond acceptors (Lipinski definition) is 5. The van der Waals surface area contributed by atoms with Crippen LogP contribution >= 0.6 is 11.3 Å². The molecular weight excluding hydrogens is 190 g/mol. The van der Waals surface area contributed by atoms with E-state index in [4.69, 9.17) is 10.6 Å². The minimum atomic E-state index is -0.203. The highest BCUT2D eigenvalue weighted by Gasteiger charge is 2.22. The molecule has 1 amide bonds. The molecule has 1 aliphatic heterocycles. The number of amides is 1. The quantitative estimate of drug-likeness (QED) is 0.715. The van der Waals surface area contributed by atoms with Crippen LogP contribution in [0, 0.1) is 0 Å². The van der Waals surface area contributed by atoms with Gasteiger partial charge in [-0.25, -0.2) is 10.0 Å². The number of carbonyl (C=O) groups is 1. The summed E-state index contributed by atoms with van der Waals surface area (Å²) in [5.74, 6) is -0.203. The van der Waals surface area contributed by atoms with Crippen LogP contribution in [0.25, 0.3) is 0 Å². The minimum absolute atomic E-state index is 0.203. The van der Waals surface area contributed by atoms with Crippen molar-refractivity contribution in [2.75, 3.05) is 18.9 Å². The van der Waals surface area contributed by atoms with Crippen molar-refractivity contribution in [3.8, 4) is 0 Å². The zero-order valence-electron chi connectivity index (χ0n) is 6.90. The van der Waals surface area contributed by atoms with E-state index in [1.807, 2.05) is 0 Å². The van der Waals surface area contributed by atoms with E-state index >= 15 is 0 Å². The van der Waals surface area contributed by atoms with Gasteiger partial charge >= 0.3 is 0 Å². The van der Waals surface area contributed by atoms with Gasteiger partial charge in [-0.1, -0.05) is 0 Å². The smallest absolute Gasteiger partial charge is 0.296 e. The second-order valence-corrected chi connectivity index (χ2v) is 3.55. The number of nitrogens with zero attached hydrogens (tertiary/aromatic N) is 2. The third-order valence-corrected chi connectivity index (χ3v) is 2.39. The summed E-state index contributed by atoms with van der Waals surface area (Å²) >= 11 is 1.26. The van der Waals surface area contributed by atoms with Gasteiger partial charge < -0.3 is 5.73 Å². The van der Waals surface area contributed by atoms with E-state index in [9.17, 15) is 4.79 Å². The molecule has 1 aromatic rings. The van der Waals surface area contributed by atoms with Gasteiger partial charge in [0.1, 0.15) is 5.69 Å². The van der Waals surface area contributed by atoms with E-state index in [-0.39, 0.29) is 5.91 Å². The Morgan fingerprint density at radius 2 is 2.62 bits per heavy atom. The molecule has 0 bridgehead atoms. The molecule has 1 aliphatic rings. The molecule has 6 heteroatoms. The van der Waals surface area contributed by atoms with E-state index in [1.165, 1.54) is 16.4 Å². The summed E-state index contributed by atoms with van der Waals surface area (Å²) < 4.78 is 0. The van der Waals surface area contributed by atoms with E-state index in [0.29, 0.717) is 24.0 Å². The molecule has 1 fully saturated rings. The lowest BCUT2D eigenvalue weighted by molar-refractivity contribution is -0.0771. The van der Waals surface area contributed by atoms with Crippen molar-refractivity contribution >= 4 is 22.4 Å². The lowest BCUT2D eigenvalue weighted by Crippen LogP contribution is -2.26. The standard InChI is InChI=1S/C7H9N3O2S/c8-7-9-5(4-13-7)6(11)10-2-1-3-12-10/h4H,1-3H2,(H2,8,9). The van der Waals surface area contributed by atoms with Crippen LogP contribution in [0.5, 0.6) is 0 Å². The summed E-state index contributed by atoms with van der Waals surface area (Å²) in [6.07, 6.45) is 0.880. The van der Waals surface area contributed by atoms with Gasteiger partial charge in [0.15, 0.2) is 5.13 Å². The number of hydrogen-bond donors (Lipinski definition) is 1. The van der Waals surface area contributed by atoms with Crippen LogP contribution in [0.15, 0.2) is 5.38 Å². The molecule has 0 spiro atoms. The molecule has 13 heavy (non-hydrogen) atoms. The molecule has 0 atom stereocenters. The molecule has 2 N–H and O–H groups in total. The summed E-state index contributed by atoms with van der Waals surface area (Å²) in [5.41, 5.74) is 5.78. The van der Waals surface area contributed by atoms with Crippen LogP contribution in [0.2, 0.25) is 0 Å². The van der Waals surface area contributed by atoms with Gasteiger partial charge in [0.2, 0.25) is 0 Å². The fourth-order valence-electron chi connectivity index (χ4n) is 1.12. The topological polar surface area (TPSA) is 68.5 Å². The summed E-state index contributed by atoms with van der Waals surface area (Å²) in [4.78, 5) is 20.5. The highest BCUT2D eigenvalue weighted by atomic mass is 32.1. The number of thiazole rings is 1. The molecule has 5 nitrogen and oxygen atoms in total. The highest BCUT2D eigenvalue weighted by Crippen LogP contribution is 2.15. The Labute approximate surface area is 79.1 Å². The zero-order chi connectivity index (χ0) is 9.26. The van der Waals surface area contributed by atoms with Crippen molar-refractivity contribution < 1.29 is 9.63 Å². The second-order valence-electron chi connectivity index (χ2n) is 2.67.